The Morgan fingerprint density at radius 1 is 0.897 bits per heavy atom. The Hall–Kier alpha value is -3.44. The minimum Gasteiger partial charge on any atom is -0.370 e. The number of rotatable bonds is 3. The highest BCUT2D eigenvalue weighted by atomic mass is 32.2. The SMILES string of the molecule is NOC(=O)c1ccc2nc3c(nc2c1)-c1cccc2c(S(=O)(=O)ON)ccc-3c12. The lowest BCUT2D eigenvalue weighted by Gasteiger charge is -2.07. The molecule has 0 fully saturated rings. The van der Waals surface area contributed by atoms with Crippen molar-refractivity contribution >= 4 is 37.9 Å². The Kier molecular flexibility index (Phi) is 3.67. The zero-order valence-corrected chi connectivity index (χ0v) is 15.4. The number of hydrogen-bond donors (Lipinski definition) is 2. The predicted molar refractivity (Wildman–Crippen MR) is 104 cm³/mol. The van der Waals surface area contributed by atoms with Crippen molar-refractivity contribution in [3.63, 3.8) is 0 Å². The van der Waals surface area contributed by atoms with Gasteiger partial charge in [0.2, 0.25) is 0 Å². The monoisotopic (exact) mass is 408 g/mol. The molecule has 0 saturated carbocycles. The summed E-state index contributed by atoms with van der Waals surface area (Å²) in [7, 11) is -4.10. The van der Waals surface area contributed by atoms with E-state index in [0.717, 1.165) is 11.1 Å². The van der Waals surface area contributed by atoms with Crippen LogP contribution < -0.4 is 11.8 Å². The summed E-state index contributed by atoms with van der Waals surface area (Å²) in [4.78, 5) is 25.3. The van der Waals surface area contributed by atoms with Crippen LogP contribution in [0.3, 0.4) is 0 Å². The van der Waals surface area contributed by atoms with Crippen molar-refractivity contribution < 1.29 is 22.3 Å². The van der Waals surface area contributed by atoms with Crippen LogP contribution in [0.25, 0.3) is 44.3 Å². The number of carbonyl (C=O) groups excluding carboxylic acids is 1. The van der Waals surface area contributed by atoms with Gasteiger partial charge in [0.1, 0.15) is 4.90 Å². The second-order valence-electron chi connectivity index (χ2n) is 6.42. The normalized spacial score (nSPS) is 12.3. The number of benzene rings is 3. The third-order valence-corrected chi connectivity index (χ3v) is 6.06. The van der Waals surface area contributed by atoms with Crippen LogP contribution in [0.4, 0.5) is 0 Å². The van der Waals surface area contributed by atoms with Gasteiger partial charge in [-0.2, -0.15) is 24.5 Å². The van der Waals surface area contributed by atoms with Crippen molar-refractivity contribution in [2.45, 2.75) is 4.90 Å². The highest BCUT2D eigenvalue weighted by molar-refractivity contribution is 7.87. The van der Waals surface area contributed by atoms with E-state index >= 15 is 0 Å². The second-order valence-corrected chi connectivity index (χ2v) is 7.96. The minimum absolute atomic E-state index is 0.0362. The number of nitrogens with two attached hydrogens (primary N) is 2. The Balaban J connectivity index is 1.82. The number of aromatic nitrogens is 2. The molecule has 1 aromatic heterocycles. The summed E-state index contributed by atoms with van der Waals surface area (Å²) in [6.45, 7) is 0. The van der Waals surface area contributed by atoms with E-state index in [4.69, 9.17) is 11.8 Å². The van der Waals surface area contributed by atoms with E-state index in [1.165, 1.54) is 6.07 Å². The van der Waals surface area contributed by atoms with Gasteiger partial charge in [-0.05, 0) is 24.3 Å². The number of hydrogen-bond acceptors (Lipinski definition) is 9. The van der Waals surface area contributed by atoms with Gasteiger partial charge in [-0.1, -0.05) is 24.3 Å². The standard InChI is InChI=1S/C19H12N4O5S/c20-27-19(24)9-4-6-13-14(8-9)23-17-11-3-1-2-10-15(29(25,26)28-21)7-5-12(16(10)11)18(17)22-13/h1-8H,20-21H2. The summed E-state index contributed by atoms with van der Waals surface area (Å²) < 4.78 is 28.6. The molecule has 1 heterocycles. The van der Waals surface area contributed by atoms with E-state index in [0.29, 0.717) is 33.2 Å². The summed E-state index contributed by atoms with van der Waals surface area (Å²) in [5.41, 5.74) is 3.98. The maximum atomic E-state index is 12.2. The molecule has 0 radical (unpaired) electrons. The average Bonchev–Trinajstić information content (AvgIpc) is 3.06. The van der Waals surface area contributed by atoms with Gasteiger partial charge in [0.25, 0.3) is 0 Å². The third kappa shape index (κ3) is 2.44. The van der Waals surface area contributed by atoms with Gasteiger partial charge in [-0.25, -0.2) is 14.8 Å². The van der Waals surface area contributed by atoms with Gasteiger partial charge >= 0.3 is 16.1 Å². The van der Waals surface area contributed by atoms with Gasteiger partial charge in [0.05, 0.1) is 28.0 Å². The quantitative estimate of drug-likeness (QED) is 0.428. The summed E-state index contributed by atoms with van der Waals surface area (Å²) in [6, 6.07) is 13.1. The number of carbonyl (C=O) groups is 1. The van der Waals surface area contributed by atoms with Crippen LogP contribution in [0.1, 0.15) is 10.4 Å². The molecular formula is C19H12N4O5S. The number of fused-ring (bicyclic) bond motifs is 4. The Bertz CT molecular complexity index is 1470. The smallest absolute Gasteiger partial charge is 0.356 e. The molecule has 0 amide bonds. The van der Waals surface area contributed by atoms with E-state index in [1.807, 2.05) is 6.07 Å². The van der Waals surface area contributed by atoms with E-state index in [1.54, 1.807) is 36.4 Å². The fourth-order valence-electron chi connectivity index (χ4n) is 3.67. The van der Waals surface area contributed by atoms with Gasteiger partial charge in [0, 0.05) is 21.9 Å². The summed E-state index contributed by atoms with van der Waals surface area (Å²) >= 11 is 0. The lowest BCUT2D eigenvalue weighted by Crippen LogP contribution is -2.11. The van der Waals surface area contributed by atoms with Crippen LogP contribution in [0.2, 0.25) is 0 Å². The van der Waals surface area contributed by atoms with Crippen molar-refractivity contribution in [3.05, 3.63) is 54.1 Å². The summed E-state index contributed by atoms with van der Waals surface area (Å²) in [5.74, 6) is 9.23. The van der Waals surface area contributed by atoms with Crippen LogP contribution in [0.5, 0.6) is 0 Å². The fourth-order valence-corrected chi connectivity index (χ4v) is 4.45. The number of nitrogens with zero attached hydrogens (tertiary/aromatic N) is 2. The topological polar surface area (TPSA) is 147 Å². The Labute approximate surface area is 163 Å². The maximum absolute atomic E-state index is 12.2. The lowest BCUT2D eigenvalue weighted by molar-refractivity contribution is 0.0503. The molecule has 10 heteroatoms. The van der Waals surface area contributed by atoms with E-state index in [2.05, 4.69) is 19.1 Å². The zero-order chi connectivity index (χ0) is 20.3. The van der Waals surface area contributed by atoms with Crippen LogP contribution in [-0.4, -0.2) is 24.4 Å². The maximum Gasteiger partial charge on any atom is 0.356 e. The predicted octanol–water partition coefficient (Wildman–Crippen LogP) is 2.04. The molecule has 4 N–H and O–H groups in total. The van der Waals surface area contributed by atoms with Crippen molar-refractivity contribution in [1.82, 2.24) is 9.97 Å². The Morgan fingerprint density at radius 3 is 2.34 bits per heavy atom. The molecule has 0 atom stereocenters. The van der Waals surface area contributed by atoms with E-state index < -0.39 is 16.1 Å². The van der Waals surface area contributed by atoms with Crippen molar-refractivity contribution in [2.24, 2.45) is 11.8 Å². The molecule has 3 aromatic carbocycles. The molecule has 29 heavy (non-hydrogen) atoms. The first-order chi connectivity index (χ1) is 13.9. The molecule has 5 rings (SSSR count). The zero-order valence-electron chi connectivity index (χ0n) is 14.6. The molecule has 0 bridgehead atoms. The molecule has 9 nitrogen and oxygen atoms in total. The highest BCUT2D eigenvalue weighted by Gasteiger charge is 2.28. The third-order valence-electron chi connectivity index (χ3n) is 4.91. The summed E-state index contributed by atoms with van der Waals surface area (Å²) in [6.07, 6.45) is 0. The minimum atomic E-state index is -4.10. The van der Waals surface area contributed by atoms with Crippen LogP contribution >= 0.6 is 0 Å². The molecule has 0 saturated heterocycles. The van der Waals surface area contributed by atoms with Crippen LogP contribution in [-0.2, 0) is 19.2 Å². The lowest BCUT2D eigenvalue weighted by atomic mass is 10.0. The first-order valence-electron chi connectivity index (χ1n) is 8.37. The second kappa shape index (κ2) is 6.03. The molecule has 4 aromatic rings. The van der Waals surface area contributed by atoms with Gasteiger partial charge in [0.15, 0.2) is 0 Å². The first-order valence-corrected chi connectivity index (χ1v) is 9.78. The van der Waals surface area contributed by atoms with E-state index in [-0.39, 0.29) is 10.5 Å². The van der Waals surface area contributed by atoms with Crippen molar-refractivity contribution in [1.29, 1.82) is 0 Å². The molecule has 1 aliphatic rings. The molecule has 0 aliphatic heterocycles. The van der Waals surface area contributed by atoms with Gasteiger partial charge < -0.3 is 4.84 Å². The fraction of sp³-hybridized carbons (Fsp3) is 0. The molecule has 1 aliphatic carbocycles. The first kappa shape index (κ1) is 17.6. The molecule has 0 unspecified atom stereocenters. The van der Waals surface area contributed by atoms with Gasteiger partial charge in [-0.15, -0.1) is 0 Å². The highest BCUT2D eigenvalue weighted by Crippen LogP contribution is 2.47. The Morgan fingerprint density at radius 2 is 1.62 bits per heavy atom. The van der Waals surface area contributed by atoms with Crippen molar-refractivity contribution in [2.75, 3.05) is 0 Å². The van der Waals surface area contributed by atoms with Gasteiger partial charge in [-0.3, -0.25) is 0 Å². The molecule has 0 spiro atoms. The molecule has 144 valence electrons. The van der Waals surface area contributed by atoms with Crippen LogP contribution in [0, 0.1) is 0 Å². The van der Waals surface area contributed by atoms with E-state index in [9.17, 15) is 13.2 Å². The average molecular weight is 408 g/mol. The molecular weight excluding hydrogens is 396 g/mol. The van der Waals surface area contributed by atoms with Crippen molar-refractivity contribution in [3.8, 4) is 22.5 Å². The van der Waals surface area contributed by atoms with Crippen LogP contribution in [0.15, 0.2) is 53.4 Å². The summed E-state index contributed by atoms with van der Waals surface area (Å²) in [5, 5.41) is 1.15. The largest absolute Gasteiger partial charge is 0.370 e.